The van der Waals surface area contributed by atoms with Crippen LogP contribution in [0.25, 0.3) is 11.8 Å². The van der Waals surface area contributed by atoms with E-state index in [-0.39, 0.29) is 11.4 Å². The number of hydrogen-bond acceptors (Lipinski definition) is 3. The van der Waals surface area contributed by atoms with Crippen LogP contribution in [-0.2, 0) is 12.6 Å². The highest BCUT2D eigenvalue weighted by Gasteiger charge is 2.31. The number of rotatable bonds is 1. The second-order valence-electron chi connectivity index (χ2n) is 4.46. The molecule has 0 radical (unpaired) electrons. The molecule has 20 heavy (non-hydrogen) atoms. The van der Waals surface area contributed by atoms with Gasteiger partial charge >= 0.3 is 6.18 Å². The van der Waals surface area contributed by atoms with E-state index in [1.54, 1.807) is 6.08 Å². The monoisotopic (exact) mass is 281 g/mol. The van der Waals surface area contributed by atoms with Crippen molar-refractivity contribution in [1.82, 2.24) is 15.0 Å². The molecule has 1 heterocycles. The first-order chi connectivity index (χ1) is 9.45. The molecule has 104 valence electrons. The minimum absolute atomic E-state index is 0.0809. The summed E-state index contributed by atoms with van der Waals surface area (Å²) in [6.07, 6.45) is 0.723. The van der Waals surface area contributed by atoms with E-state index in [9.17, 15) is 18.3 Å². The molecule has 0 bridgehead atoms. The molecule has 1 aliphatic rings. The quantitative estimate of drug-likeness (QED) is 0.874. The number of aromatic hydroxyl groups is 1. The van der Waals surface area contributed by atoms with Crippen LogP contribution in [-0.4, -0.2) is 20.1 Å². The van der Waals surface area contributed by atoms with Crippen molar-refractivity contribution >= 4 is 6.08 Å². The van der Waals surface area contributed by atoms with E-state index in [1.165, 1.54) is 0 Å². The number of allylic oxidation sites excluding steroid dienone is 1. The molecule has 0 fully saturated rings. The number of aryl methyl sites for hydroxylation is 1. The van der Waals surface area contributed by atoms with Gasteiger partial charge in [-0.3, -0.25) is 0 Å². The highest BCUT2D eigenvalue weighted by Crippen LogP contribution is 2.33. The van der Waals surface area contributed by atoms with Gasteiger partial charge in [0.15, 0.2) is 0 Å². The van der Waals surface area contributed by atoms with Crippen molar-refractivity contribution in [3.05, 3.63) is 41.2 Å². The molecule has 0 spiro atoms. The van der Waals surface area contributed by atoms with Gasteiger partial charge in [-0.1, -0.05) is 6.08 Å². The first kappa shape index (κ1) is 12.7. The molecule has 0 saturated carbocycles. The van der Waals surface area contributed by atoms with Crippen molar-refractivity contribution in [2.24, 2.45) is 0 Å². The van der Waals surface area contributed by atoms with Crippen LogP contribution < -0.4 is 0 Å². The van der Waals surface area contributed by atoms with Gasteiger partial charge in [-0.15, -0.1) is 9.90 Å². The Hall–Kier alpha value is -2.31. The summed E-state index contributed by atoms with van der Waals surface area (Å²) in [6, 6.07) is 2.66. The minimum atomic E-state index is -4.48. The minimum Gasteiger partial charge on any atom is -0.506 e. The average molecular weight is 281 g/mol. The molecule has 1 aromatic carbocycles. The normalized spacial score (nSPS) is 14.3. The summed E-state index contributed by atoms with van der Waals surface area (Å²) in [7, 11) is 0. The summed E-state index contributed by atoms with van der Waals surface area (Å²) in [5.41, 5.74) is 0.399. The molecule has 1 aromatic heterocycles. The van der Waals surface area contributed by atoms with Crippen LogP contribution in [0.5, 0.6) is 5.75 Å². The smallest absolute Gasteiger partial charge is 0.416 e. The van der Waals surface area contributed by atoms with E-state index in [0.29, 0.717) is 17.8 Å². The van der Waals surface area contributed by atoms with Gasteiger partial charge in [-0.05, 0) is 37.1 Å². The van der Waals surface area contributed by atoms with Crippen molar-refractivity contribution in [2.45, 2.75) is 19.0 Å². The van der Waals surface area contributed by atoms with Gasteiger partial charge in [0.2, 0.25) is 0 Å². The number of fused-ring (bicyclic) bond motifs is 1. The molecule has 1 N–H and O–H groups in total. The third kappa shape index (κ3) is 2.15. The lowest BCUT2D eigenvalue weighted by molar-refractivity contribution is -0.137. The van der Waals surface area contributed by atoms with Crippen molar-refractivity contribution in [3.8, 4) is 11.4 Å². The van der Waals surface area contributed by atoms with Crippen LogP contribution in [0.3, 0.4) is 0 Å². The summed E-state index contributed by atoms with van der Waals surface area (Å²) in [5, 5.41) is 18.0. The van der Waals surface area contributed by atoms with Gasteiger partial charge in [-0.2, -0.15) is 18.3 Å². The maximum Gasteiger partial charge on any atom is 0.416 e. The summed E-state index contributed by atoms with van der Waals surface area (Å²) < 4.78 is 38.1. The molecular formula is C13H10F3N3O. The van der Waals surface area contributed by atoms with E-state index >= 15 is 0 Å². The number of halogens is 3. The van der Waals surface area contributed by atoms with E-state index < -0.39 is 11.7 Å². The van der Waals surface area contributed by atoms with Crippen molar-refractivity contribution in [2.75, 3.05) is 0 Å². The van der Waals surface area contributed by atoms with Crippen LogP contribution in [0.4, 0.5) is 13.2 Å². The zero-order valence-electron chi connectivity index (χ0n) is 10.2. The second-order valence-corrected chi connectivity index (χ2v) is 4.46. The Morgan fingerprint density at radius 1 is 1.20 bits per heavy atom. The first-order valence-corrected chi connectivity index (χ1v) is 5.98. The molecule has 0 atom stereocenters. The van der Waals surface area contributed by atoms with Crippen molar-refractivity contribution in [3.63, 3.8) is 0 Å². The Labute approximate surface area is 112 Å². The third-order valence-corrected chi connectivity index (χ3v) is 3.06. The van der Waals surface area contributed by atoms with Gasteiger partial charge in [0, 0.05) is 0 Å². The molecule has 0 saturated heterocycles. The van der Waals surface area contributed by atoms with E-state index in [1.807, 2.05) is 6.08 Å². The van der Waals surface area contributed by atoms with Crippen LogP contribution in [0.1, 0.15) is 23.4 Å². The fourth-order valence-electron chi connectivity index (χ4n) is 2.04. The zero-order valence-corrected chi connectivity index (χ0v) is 10.2. The van der Waals surface area contributed by atoms with Crippen LogP contribution in [0.2, 0.25) is 0 Å². The number of phenolic OH excluding ortho intramolecular Hbond substituents is 1. The predicted molar refractivity (Wildman–Crippen MR) is 65.4 cm³/mol. The summed E-state index contributed by atoms with van der Waals surface area (Å²) in [5.74, 6) is -0.297. The van der Waals surface area contributed by atoms with Gasteiger partial charge in [0.25, 0.3) is 0 Å². The number of phenols is 1. The molecule has 7 heteroatoms. The Kier molecular flexibility index (Phi) is 2.77. The average Bonchev–Trinajstić information content (AvgIpc) is 2.81. The van der Waals surface area contributed by atoms with Crippen LogP contribution in [0.15, 0.2) is 24.3 Å². The summed E-state index contributed by atoms with van der Waals surface area (Å²) >= 11 is 0. The lowest BCUT2D eigenvalue weighted by atomic mass is 10.1. The number of nitrogens with zero attached hydrogens (tertiary/aromatic N) is 3. The Morgan fingerprint density at radius 2 is 2.00 bits per heavy atom. The van der Waals surface area contributed by atoms with E-state index in [4.69, 9.17) is 0 Å². The molecule has 1 aliphatic carbocycles. The lowest BCUT2D eigenvalue weighted by Crippen LogP contribution is -2.07. The molecule has 2 aromatic rings. The molecular weight excluding hydrogens is 271 g/mol. The zero-order chi connectivity index (χ0) is 14.3. The summed E-state index contributed by atoms with van der Waals surface area (Å²) in [4.78, 5) is 1.05. The number of aromatic nitrogens is 3. The molecule has 0 unspecified atom stereocenters. The largest absolute Gasteiger partial charge is 0.506 e. The Morgan fingerprint density at radius 3 is 2.70 bits per heavy atom. The van der Waals surface area contributed by atoms with Crippen molar-refractivity contribution in [1.29, 1.82) is 0 Å². The highest BCUT2D eigenvalue weighted by molar-refractivity contribution is 5.52. The van der Waals surface area contributed by atoms with Crippen molar-refractivity contribution < 1.29 is 18.3 Å². The maximum absolute atomic E-state index is 12.7. The Bertz CT molecular complexity index is 689. The molecule has 0 aliphatic heterocycles. The van der Waals surface area contributed by atoms with Crippen LogP contribution >= 0.6 is 0 Å². The predicted octanol–water partition coefficient (Wildman–Crippen LogP) is 2.95. The van der Waals surface area contributed by atoms with Crippen LogP contribution in [0, 0.1) is 0 Å². The second kappa shape index (κ2) is 4.36. The number of benzene rings is 1. The fraction of sp³-hybridized carbons (Fsp3) is 0.231. The maximum atomic E-state index is 12.7. The topological polar surface area (TPSA) is 50.9 Å². The third-order valence-electron chi connectivity index (χ3n) is 3.06. The SMILES string of the molecule is Oc1ccc(C(F)(F)F)cc1-n1nc2c(n1)CCC=C2. The van der Waals surface area contributed by atoms with Gasteiger partial charge in [0.1, 0.15) is 17.1 Å². The highest BCUT2D eigenvalue weighted by atomic mass is 19.4. The summed E-state index contributed by atoms with van der Waals surface area (Å²) in [6.45, 7) is 0. The van der Waals surface area contributed by atoms with Gasteiger partial charge in [-0.25, -0.2) is 0 Å². The number of alkyl halides is 3. The standard InChI is InChI=1S/C13H10F3N3O/c14-13(15,16)8-5-6-12(20)11(7-8)19-17-9-3-1-2-4-10(9)18-19/h1,3,5-7,20H,2,4H2. The Balaban J connectivity index is 2.09. The van der Waals surface area contributed by atoms with Gasteiger partial charge in [0.05, 0.1) is 11.3 Å². The van der Waals surface area contributed by atoms with E-state index in [2.05, 4.69) is 10.2 Å². The molecule has 3 rings (SSSR count). The van der Waals surface area contributed by atoms with Gasteiger partial charge < -0.3 is 5.11 Å². The molecule has 0 amide bonds. The first-order valence-electron chi connectivity index (χ1n) is 5.98. The lowest BCUT2D eigenvalue weighted by Gasteiger charge is -2.09. The van der Waals surface area contributed by atoms with E-state index in [0.717, 1.165) is 29.4 Å². The fourth-order valence-corrected chi connectivity index (χ4v) is 2.04. The molecule has 4 nitrogen and oxygen atoms in total. The number of hydrogen-bond donors (Lipinski definition) is 1.